The first-order valence-electron chi connectivity index (χ1n) is 7.79. The van der Waals surface area contributed by atoms with Crippen LogP contribution in [0, 0.1) is 0 Å². The third-order valence-corrected chi connectivity index (χ3v) is 3.68. The third-order valence-electron chi connectivity index (χ3n) is 3.68. The average Bonchev–Trinajstić information content (AvgIpc) is 2.65. The lowest BCUT2D eigenvalue weighted by Crippen LogP contribution is -2.31. The Morgan fingerprint density at radius 2 is 1.56 bits per heavy atom. The summed E-state index contributed by atoms with van der Waals surface area (Å²) in [5, 5.41) is 0. The molecule has 134 valence electrons. The summed E-state index contributed by atoms with van der Waals surface area (Å²) in [6.07, 6.45) is 0. The van der Waals surface area contributed by atoms with Gasteiger partial charge in [-0.1, -0.05) is 18.2 Å². The Balaban J connectivity index is 2.03. The number of carbonyl (C=O) groups is 1. The molecule has 2 rings (SSSR count). The van der Waals surface area contributed by atoms with Crippen LogP contribution in [0.3, 0.4) is 0 Å². The van der Waals surface area contributed by atoms with Crippen molar-refractivity contribution >= 4 is 5.91 Å². The van der Waals surface area contributed by atoms with E-state index < -0.39 is 0 Å². The van der Waals surface area contributed by atoms with Gasteiger partial charge in [0.05, 0.1) is 21.3 Å². The molecule has 0 radical (unpaired) electrons. The molecule has 6 nitrogen and oxygen atoms in total. The monoisotopic (exact) mass is 345 g/mol. The van der Waals surface area contributed by atoms with Crippen LogP contribution in [-0.4, -0.2) is 45.8 Å². The van der Waals surface area contributed by atoms with Gasteiger partial charge in [0.25, 0.3) is 5.91 Å². The zero-order chi connectivity index (χ0) is 18.2. The van der Waals surface area contributed by atoms with Gasteiger partial charge in [-0.15, -0.1) is 0 Å². The van der Waals surface area contributed by atoms with E-state index in [0.717, 1.165) is 5.56 Å². The minimum absolute atomic E-state index is 0.0229. The molecule has 0 aliphatic heterocycles. The molecule has 0 N–H and O–H groups in total. The average molecular weight is 345 g/mol. The van der Waals surface area contributed by atoms with Crippen LogP contribution in [0.5, 0.6) is 23.0 Å². The van der Waals surface area contributed by atoms with Crippen LogP contribution in [-0.2, 0) is 11.3 Å². The Kier molecular flexibility index (Phi) is 6.51. The quantitative estimate of drug-likeness (QED) is 0.736. The number of methoxy groups -OCH3 is 3. The van der Waals surface area contributed by atoms with Crippen molar-refractivity contribution < 1.29 is 23.7 Å². The van der Waals surface area contributed by atoms with Crippen LogP contribution < -0.4 is 18.9 Å². The topological polar surface area (TPSA) is 57.2 Å². The summed E-state index contributed by atoms with van der Waals surface area (Å²) in [5.41, 5.74) is 0.866. The molecule has 0 unspecified atom stereocenters. The molecule has 1 amide bonds. The fourth-order valence-electron chi connectivity index (χ4n) is 2.36. The Bertz CT molecular complexity index is 677. The first-order valence-corrected chi connectivity index (χ1v) is 7.79. The van der Waals surface area contributed by atoms with Gasteiger partial charge in [0.15, 0.2) is 18.1 Å². The van der Waals surface area contributed by atoms with Crippen molar-refractivity contribution in [1.29, 1.82) is 0 Å². The van der Waals surface area contributed by atoms with Crippen molar-refractivity contribution in [2.75, 3.05) is 35.0 Å². The number of benzene rings is 2. The maximum Gasteiger partial charge on any atom is 0.260 e. The van der Waals surface area contributed by atoms with E-state index in [4.69, 9.17) is 18.9 Å². The molecule has 25 heavy (non-hydrogen) atoms. The third kappa shape index (κ3) is 4.79. The minimum Gasteiger partial charge on any atom is -0.493 e. The SMILES string of the molecule is COc1cc(CN(C)C(=O)COc2ccccc2)cc(OC)c1OC. The number of likely N-dealkylation sites (N-methyl/N-ethyl adjacent to an activating group) is 1. The Hall–Kier alpha value is -2.89. The fraction of sp³-hybridized carbons (Fsp3) is 0.316. The molecule has 6 heteroatoms. The van der Waals surface area contributed by atoms with Crippen LogP contribution in [0.2, 0.25) is 0 Å². The molecular formula is C19H23NO5. The molecule has 0 fully saturated rings. The Morgan fingerprint density at radius 1 is 0.960 bits per heavy atom. The van der Waals surface area contributed by atoms with E-state index >= 15 is 0 Å². The standard InChI is InChI=1S/C19H23NO5/c1-20(18(21)13-25-15-8-6-5-7-9-15)12-14-10-16(22-2)19(24-4)17(11-14)23-3/h5-11H,12-13H2,1-4H3. The number of para-hydroxylation sites is 1. The van der Waals surface area contributed by atoms with Crippen LogP contribution in [0.1, 0.15) is 5.56 Å². The molecule has 0 heterocycles. The summed E-state index contributed by atoms with van der Waals surface area (Å²) < 4.78 is 21.5. The summed E-state index contributed by atoms with van der Waals surface area (Å²) in [6, 6.07) is 12.9. The van der Waals surface area contributed by atoms with Crippen molar-refractivity contribution in [3.05, 3.63) is 48.0 Å². The lowest BCUT2D eigenvalue weighted by molar-refractivity contribution is -0.132. The number of amides is 1. The largest absolute Gasteiger partial charge is 0.493 e. The smallest absolute Gasteiger partial charge is 0.260 e. The molecule has 0 bridgehead atoms. The van der Waals surface area contributed by atoms with Crippen molar-refractivity contribution in [3.63, 3.8) is 0 Å². The lowest BCUT2D eigenvalue weighted by atomic mass is 10.1. The van der Waals surface area contributed by atoms with E-state index in [1.807, 2.05) is 42.5 Å². The number of ether oxygens (including phenoxy) is 4. The molecule has 0 spiro atoms. The maximum absolute atomic E-state index is 12.3. The van der Waals surface area contributed by atoms with Crippen LogP contribution in [0.4, 0.5) is 0 Å². The highest BCUT2D eigenvalue weighted by Gasteiger charge is 2.16. The summed E-state index contributed by atoms with van der Waals surface area (Å²) in [5.74, 6) is 2.17. The molecule has 0 atom stereocenters. The van der Waals surface area contributed by atoms with Gasteiger partial charge in [-0.3, -0.25) is 4.79 Å². The van der Waals surface area contributed by atoms with Gasteiger partial charge in [-0.05, 0) is 29.8 Å². The van der Waals surface area contributed by atoms with Gasteiger partial charge in [-0.25, -0.2) is 0 Å². The second kappa shape index (κ2) is 8.82. The van der Waals surface area contributed by atoms with Crippen molar-refractivity contribution in [3.8, 4) is 23.0 Å². The van der Waals surface area contributed by atoms with Crippen molar-refractivity contribution in [1.82, 2.24) is 4.90 Å². The highest BCUT2D eigenvalue weighted by atomic mass is 16.5. The van der Waals surface area contributed by atoms with Gasteiger partial charge < -0.3 is 23.8 Å². The summed E-state index contributed by atoms with van der Waals surface area (Å²) in [4.78, 5) is 13.9. The second-order valence-corrected chi connectivity index (χ2v) is 5.39. The van der Waals surface area contributed by atoms with Gasteiger partial charge in [0.2, 0.25) is 5.75 Å². The molecule has 0 aliphatic rings. The predicted molar refractivity (Wildman–Crippen MR) is 94.5 cm³/mol. The first kappa shape index (κ1) is 18.4. The molecular weight excluding hydrogens is 322 g/mol. The van der Waals surface area contributed by atoms with Crippen molar-refractivity contribution in [2.24, 2.45) is 0 Å². The van der Waals surface area contributed by atoms with E-state index in [-0.39, 0.29) is 12.5 Å². The highest BCUT2D eigenvalue weighted by Crippen LogP contribution is 2.38. The number of hydrogen-bond acceptors (Lipinski definition) is 5. The molecule has 0 aliphatic carbocycles. The molecule has 0 aromatic heterocycles. The van der Waals surface area contributed by atoms with Crippen LogP contribution >= 0.6 is 0 Å². The summed E-state index contributed by atoms with van der Waals surface area (Å²) in [6.45, 7) is 0.374. The van der Waals surface area contributed by atoms with E-state index in [1.165, 1.54) is 0 Å². The fourth-order valence-corrected chi connectivity index (χ4v) is 2.36. The molecule has 2 aromatic rings. The number of rotatable bonds is 8. The van der Waals surface area contributed by atoms with E-state index in [0.29, 0.717) is 29.5 Å². The number of carbonyl (C=O) groups excluding carboxylic acids is 1. The lowest BCUT2D eigenvalue weighted by Gasteiger charge is -2.19. The normalized spacial score (nSPS) is 10.1. The maximum atomic E-state index is 12.3. The Labute approximate surface area is 147 Å². The summed E-state index contributed by atoms with van der Waals surface area (Å²) in [7, 11) is 6.39. The van der Waals surface area contributed by atoms with Gasteiger partial charge in [-0.2, -0.15) is 0 Å². The van der Waals surface area contributed by atoms with Gasteiger partial charge >= 0.3 is 0 Å². The number of hydrogen-bond donors (Lipinski definition) is 0. The Morgan fingerprint density at radius 3 is 2.08 bits per heavy atom. The second-order valence-electron chi connectivity index (χ2n) is 5.39. The molecule has 0 saturated carbocycles. The molecule has 0 saturated heterocycles. The number of nitrogens with zero attached hydrogens (tertiary/aromatic N) is 1. The van der Waals surface area contributed by atoms with E-state index in [2.05, 4.69) is 0 Å². The zero-order valence-corrected chi connectivity index (χ0v) is 14.9. The van der Waals surface area contributed by atoms with Crippen LogP contribution in [0.15, 0.2) is 42.5 Å². The van der Waals surface area contributed by atoms with Crippen LogP contribution in [0.25, 0.3) is 0 Å². The first-order chi connectivity index (χ1) is 12.1. The summed E-state index contributed by atoms with van der Waals surface area (Å²) >= 11 is 0. The van der Waals surface area contributed by atoms with E-state index in [1.54, 1.807) is 33.3 Å². The highest BCUT2D eigenvalue weighted by molar-refractivity contribution is 5.77. The minimum atomic E-state index is -0.127. The zero-order valence-electron chi connectivity index (χ0n) is 14.9. The van der Waals surface area contributed by atoms with Gasteiger partial charge in [0.1, 0.15) is 5.75 Å². The van der Waals surface area contributed by atoms with E-state index in [9.17, 15) is 4.79 Å². The van der Waals surface area contributed by atoms with Crippen molar-refractivity contribution in [2.45, 2.75) is 6.54 Å². The predicted octanol–water partition coefficient (Wildman–Crippen LogP) is 2.75. The van der Waals surface area contributed by atoms with Gasteiger partial charge in [0, 0.05) is 13.6 Å². The molecule has 2 aromatic carbocycles.